The van der Waals surface area contributed by atoms with Crippen molar-refractivity contribution in [2.75, 3.05) is 32.7 Å². The zero-order chi connectivity index (χ0) is 14.1. The van der Waals surface area contributed by atoms with Crippen molar-refractivity contribution in [1.82, 2.24) is 0 Å². The van der Waals surface area contributed by atoms with Crippen molar-refractivity contribution in [3.8, 4) is 12.3 Å². The van der Waals surface area contributed by atoms with Gasteiger partial charge >= 0.3 is 7.60 Å². The molecule has 0 fully saturated rings. The Kier molecular flexibility index (Phi) is 8.49. The largest absolute Gasteiger partial charge is 0.327 e. The van der Waals surface area contributed by atoms with Crippen LogP contribution in [0.5, 0.6) is 0 Å². The van der Waals surface area contributed by atoms with Gasteiger partial charge in [-0.2, -0.15) is 8.42 Å². The fourth-order valence-corrected chi connectivity index (χ4v) is 2.51. The van der Waals surface area contributed by atoms with Gasteiger partial charge in [0.25, 0.3) is 10.1 Å². The van der Waals surface area contributed by atoms with Crippen LogP contribution < -0.4 is 0 Å². The lowest BCUT2D eigenvalue weighted by molar-refractivity contribution is 0.234. The maximum absolute atomic E-state index is 11.3. The van der Waals surface area contributed by atoms with E-state index in [0.29, 0.717) is 19.3 Å². The van der Waals surface area contributed by atoms with E-state index in [4.69, 9.17) is 10.9 Å². The van der Waals surface area contributed by atoms with E-state index in [1.807, 2.05) is 0 Å². The first kappa shape index (κ1) is 17.6. The Hall–Kier alpha value is -0.380. The fraction of sp³-hybridized carbons (Fsp3) is 0.800. The number of terminal acetylenes is 1. The predicted molar refractivity (Wildman–Crippen MR) is 68.9 cm³/mol. The molecule has 8 heteroatoms. The maximum Gasteiger partial charge on any atom is 0.327 e. The van der Waals surface area contributed by atoms with E-state index in [1.54, 1.807) is 0 Å². The van der Waals surface area contributed by atoms with E-state index in [2.05, 4.69) is 14.6 Å². The van der Waals surface area contributed by atoms with Crippen LogP contribution in [0.1, 0.15) is 19.3 Å². The van der Waals surface area contributed by atoms with Crippen molar-refractivity contribution < 1.29 is 26.2 Å². The molecule has 0 spiro atoms. The van der Waals surface area contributed by atoms with Gasteiger partial charge in [0.1, 0.15) is 6.61 Å². The van der Waals surface area contributed by atoms with Crippen LogP contribution in [0.3, 0.4) is 0 Å². The summed E-state index contributed by atoms with van der Waals surface area (Å²) in [4.78, 5) is 0. The fourth-order valence-electron chi connectivity index (χ4n) is 1.02. The van der Waals surface area contributed by atoms with Gasteiger partial charge in [-0.1, -0.05) is 12.3 Å². The first-order valence-corrected chi connectivity index (χ1v) is 8.98. The smallest absolute Gasteiger partial charge is 0.312 e. The molecule has 0 aromatic heterocycles. The highest BCUT2D eigenvalue weighted by atomic mass is 32.2. The third-order valence-corrected chi connectivity index (χ3v) is 4.60. The summed E-state index contributed by atoms with van der Waals surface area (Å²) in [7, 11) is -5.15. The monoisotopic (exact) mass is 298 g/mol. The molecule has 0 aromatic carbocycles. The van der Waals surface area contributed by atoms with Gasteiger partial charge in [-0.05, 0) is 12.8 Å². The zero-order valence-corrected chi connectivity index (χ0v) is 12.3. The number of hydrogen-bond acceptors (Lipinski definition) is 6. The molecule has 0 radical (unpaired) electrons. The van der Waals surface area contributed by atoms with E-state index >= 15 is 0 Å². The minimum absolute atomic E-state index is 0.0806. The van der Waals surface area contributed by atoms with Gasteiger partial charge < -0.3 is 9.05 Å². The Morgan fingerprint density at radius 3 is 2.50 bits per heavy atom. The van der Waals surface area contributed by atoms with Crippen molar-refractivity contribution in [3.63, 3.8) is 0 Å². The highest BCUT2D eigenvalue weighted by molar-refractivity contribution is 7.86. The molecule has 6 nitrogen and oxygen atoms in total. The minimum Gasteiger partial charge on any atom is -0.312 e. The Morgan fingerprint density at radius 1 is 1.28 bits per heavy atom. The van der Waals surface area contributed by atoms with Crippen molar-refractivity contribution in [1.29, 1.82) is 0 Å². The van der Waals surface area contributed by atoms with Crippen molar-refractivity contribution in [2.24, 2.45) is 0 Å². The van der Waals surface area contributed by atoms with Crippen molar-refractivity contribution in [2.45, 2.75) is 19.3 Å². The Labute approximate surface area is 109 Å². The summed E-state index contributed by atoms with van der Waals surface area (Å²) in [6.45, 7) is 1.41. The third-order valence-electron chi connectivity index (χ3n) is 2.02. The van der Waals surface area contributed by atoms with E-state index in [9.17, 15) is 13.0 Å². The molecular formula is C10H19O6PS. The standard InChI is InChI=1S/C10H19O6PS/c1-4-8-16-18(12,13)10-7-5-6-9-15-17(3,11)14-2/h1H,5-10H2,2-3H3. The normalized spacial score (nSPS) is 14.9. The van der Waals surface area contributed by atoms with E-state index < -0.39 is 17.7 Å². The second-order valence-corrected chi connectivity index (χ2v) is 7.50. The van der Waals surface area contributed by atoms with Gasteiger partial charge in [-0.3, -0.25) is 8.75 Å². The Morgan fingerprint density at radius 2 is 1.94 bits per heavy atom. The van der Waals surface area contributed by atoms with Crippen LogP contribution in [-0.2, 0) is 27.9 Å². The average Bonchev–Trinajstić information content (AvgIpc) is 2.31. The summed E-state index contributed by atoms with van der Waals surface area (Å²) in [5.74, 6) is 2.01. The number of unbranched alkanes of at least 4 members (excludes halogenated alkanes) is 2. The lowest BCUT2D eigenvalue weighted by atomic mass is 10.3. The van der Waals surface area contributed by atoms with Gasteiger partial charge in [0.2, 0.25) is 0 Å². The van der Waals surface area contributed by atoms with Crippen LogP contribution >= 0.6 is 7.60 Å². The lowest BCUT2D eigenvalue weighted by Gasteiger charge is -2.10. The van der Waals surface area contributed by atoms with Crippen LogP contribution in [0.4, 0.5) is 0 Å². The summed E-state index contributed by atoms with van der Waals surface area (Å²) in [5.41, 5.74) is 0. The molecule has 0 bridgehead atoms. The molecule has 0 N–H and O–H groups in total. The molecule has 0 saturated carbocycles. The summed E-state index contributed by atoms with van der Waals surface area (Å²) in [5, 5.41) is 0. The van der Waals surface area contributed by atoms with Crippen molar-refractivity contribution >= 4 is 17.7 Å². The summed E-state index contributed by atoms with van der Waals surface area (Å²) < 4.78 is 47.9. The molecule has 18 heavy (non-hydrogen) atoms. The molecule has 0 amide bonds. The Bertz CT molecular complexity index is 411. The highest BCUT2D eigenvalue weighted by Gasteiger charge is 2.14. The highest BCUT2D eigenvalue weighted by Crippen LogP contribution is 2.42. The molecule has 0 aliphatic carbocycles. The molecule has 106 valence electrons. The molecule has 0 aliphatic heterocycles. The van der Waals surface area contributed by atoms with Crippen LogP contribution in [0.25, 0.3) is 0 Å². The van der Waals surface area contributed by atoms with E-state index in [1.165, 1.54) is 13.8 Å². The molecule has 0 aliphatic rings. The average molecular weight is 298 g/mol. The maximum atomic E-state index is 11.3. The molecule has 0 heterocycles. The molecule has 1 atom stereocenters. The SMILES string of the molecule is C#CCOS(=O)(=O)CCCCCOP(C)(=O)OC. The lowest BCUT2D eigenvalue weighted by Crippen LogP contribution is -2.11. The second kappa shape index (κ2) is 8.68. The number of rotatable bonds is 10. The summed E-state index contributed by atoms with van der Waals surface area (Å²) in [6, 6.07) is 0. The summed E-state index contributed by atoms with van der Waals surface area (Å²) in [6.07, 6.45) is 6.56. The van der Waals surface area contributed by atoms with Crippen LogP contribution in [0, 0.1) is 12.3 Å². The Balaban J connectivity index is 3.64. The van der Waals surface area contributed by atoms with Crippen molar-refractivity contribution in [3.05, 3.63) is 0 Å². The molecule has 1 unspecified atom stereocenters. The van der Waals surface area contributed by atoms with Crippen LogP contribution in [0.15, 0.2) is 0 Å². The van der Waals surface area contributed by atoms with Crippen LogP contribution in [0.2, 0.25) is 0 Å². The van der Waals surface area contributed by atoms with E-state index in [0.717, 1.165) is 0 Å². The minimum atomic E-state index is -3.53. The first-order valence-electron chi connectivity index (χ1n) is 5.41. The van der Waals surface area contributed by atoms with Gasteiger partial charge in [-0.25, -0.2) is 0 Å². The van der Waals surface area contributed by atoms with Gasteiger partial charge in [0.05, 0.1) is 12.4 Å². The topological polar surface area (TPSA) is 78.9 Å². The quantitative estimate of drug-likeness (QED) is 0.264. The zero-order valence-electron chi connectivity index (χ0n) is 10.6. The summed E-state index contributed by atoms with van der Waals surface area (Å²) >= 11 is 0. The van der Waals surface area contributed by atoms with Gasteiger partial charge in [-0.15, -0.1) is 6.42 Å². The molecular weight excluding hydrogens is 279 g/mol. The predicted octanol–water partition coefficient (Wildman–Crippen LogP) is 1.62. The van der Waals surface area contributed by atoms with Gasteiger partial charge in [0, 0.05) is 13.8 Å². The molecule has 0 aromatic rings. The molecule has 0 rings (SSSR count). The van der Waals surface area contributed by atoms with Crippen LogP contribution in [-0.4, -0.2) is 41.2 Å². The van der Waals surface area contributed by atoms with E-state index in [-0.39, 0.29) is 19.0 Å². The first-order chi connectivity index (χ1) is 8.33. The second-order valence-electron chi connectivity index (χ2n) is 3.58. The number of hydrogen-bond donors (Lipinski definition) is 0. The molecule has 0 saturated heterocycles. The third kappa shape index (κ3) is 9.63. The van der Waals surface area contributed by atoms with Gasteiger partial charge in [0.15, 0.2) is 0 Å².